The number of halogens is 1. The third-order valence-electron chi connectivity index (χ3n) is 6.28. The van der Waals surface area contributed by atoms with Crippen LogP contribution in [-0.2, 0) is 0 Å². The van der Waals surface area contributed by atoms with Gasteiger partial charge in [0.15, 0.2) is 5.11 Å². The number of benzene rings is 1. The van der Waals surface area contributed by atoms with Crippen LogP contribution in [0.25, 0.3) is 0 Å². The number of hydrogen-bond donors (Lipinski definition) is 1. The Kier molecular flexibility index (Phi) is 5.48. The smallest absolute Gasteiger partial charge is 0.174 e. The Balaban J connectivity index is 1.54. The molecule has 2 fully saturated rings. The summed E-state index contributed by atoms with van der Waals surface area (Å²) < 4.78 is 2.41. The molecule has 2 aromatic heterocycles. The quantitative estimate of drug-likeness (QED) is 0.492. The van der Waals surface area contributed by atoms with Crippen LogP contribution in [0.3, 0.4) is 0 Å². The van der Waals surface area contributed by atoms with E-state index in [1.165, 1.54) is 37.7 Å². The van der Waals surface area contributed by atoms with Crippen molar-refractivity contribution in [3.8, 4) is 0 Å². The molecule has 3 heterocycles. The number of thiocarbonyl (C=S) groups is 1. The highest BCUT2D eigenvalue weighted by atomic mass is 35.5. The molecule has 154 valence electrons. The van der Waals surface area contributed by atoms with Gasteiger partial charge in [0.2, 0.25) is 0 Å². The third kappa shape index (κ3) is 3.72. The first-order chi connectivity index (χ1) is 14.7. The van der Waals surface area contributed by atoms with Gasteiger partial charge in [0.05, 0.1) is 17.8 Å². The van der Waals surface area contributed by atoms with Crippen LogP contribution >= 0.6 is 23.8 Å². The lowest BCUT2D eigenvalue weighted by Gasteiger charge is -2.28. The van der Waals surface area contributed by atoms with Gasteiger partial charge in [-0.25, -0.2) is 0 Å². The van der Waals surface area contributed by atoms with Gasteiger partial charge in [-0.1, -0.05) is 36.9 Å². The fourth-order valence-electron chi connectivity index (χ4n) is 4.79. The van der Waals surface area contributed by atoms with E-state index in [1.54, 1.807) is 0 Å². The minimum atomic E-state index is -0.0171. The predicted octanol–water partition coefficient (Wildman–Crippen LogP) is 6.22. The monoisotopic (exact) mass is 436 g/mol. The first kappa shape index (κ1) is 19.6. The van der Waals surface area contributed by atoms with Crippen molar-refractivity contribution in [2.75, 3.05) is 4.90 Å². The molecule has 1 N–H and O–H groups in total. The minimum absolute atomic E-state index is 0.0171. The van der Waals surface area contributed by atoms with Gasteiger partial charge < -0.3 is 14.8 Å². The van der Waals surface area contributed by atoms with E-state index in [-0.39, 0.29) is 12.1 Å². The summed E-state index contributed by atoms with van der Waals surface area (Å²) in [4.78, 5) is 6.83. The molecule has 2 atom stereocenters. The summed E-state index contributed by atoms with van der Waals surface area (Å²) in [6.45, 7) is 0. The molecule has 1 saturated heterocycles. The van der Waals surface area contributed by atoms with Crippen molar-refractivity contribution in [3.05, 3.63) is 83.4 Å². The topological polar surface area (TPSA) is 33.1 Å². The summed E-state index contributed by atoms with van der Waals surface area (Å²) in [5, 5.41) is 4.96. The average molecular weight is 437 g/mol. The van der Waals surface area contributed by atoms with Crippen molar-refractivity contribution in [2.24, 2.45) is 0 Å². The molecule has 1 saturated carbocycles. The van der Waals surface area contributed by atoms with Crippen LogP contribution in [0.1, 0.15) is 61.5 Å². The molecule has 0 unspecified atom stereocenters. The van der Waals surface area contributed by atoms with E-state index in [1.807, 2.05) is 42.6 Å². The minimum Gasteiger partial charge on any atom is -0.351 e. The number of pyridine rings is 1. The molecule has 3 aromatic rings. The lowest BCUT2D eigenvalue weighted by Crippen LogP contribution is -2.29. The van der Waals surface area contributed by atoms with E-state index < -0.39 is 0 Å². The summed E-state index contributed by atoms with van der Waals surface area (Å²) >= 11 is 11.9. The molecule has 0 bridgehead atoms. The zero-order valence-electron chi connectivity index (χ0n) is 16.7. The van der Waals surface area contributed by atoms with Crippen LogP contribution in [0.5, 0.6) is 0 Å². The number of rotatable bonds is 4. The molecule has 1 aromatic carbocycles. The van der Waals surface area contributed by atoms with Gasteiger partial charge >= 0.3 is 0 Å². The zero-order chi connectivity index (χ0) is 20.5. The molecule has 1 aliphatic carbocycles. The predicted molar refractivity (Wildman–Crippen MR) is 126 cm³/mol. The average Bonchev–Trinajstić information content (AvgIpc) is 3.40. The summed E-state index contributed by atoms with van der Waals surface area (Å²) in [5.74, 6) is 0. The van der Waals surface area contributed by atoms with E-state index in [4.69, 9.17) is 23.8 Å². The van der Waals surface area contributed by atoms with Crippen molar-refractivity contribution in [1.82, 2.24) is 14.9 Å². The molecule has 4 nitrogen and oxygen atoms in total. The first-order valence-electron chi connectivity index (χ1n) is 10.6. The molecular formula is C24H25ClN4S. The highest BCUT2D eigenvalue weighted by Gasteiger charge is 2.41. The Morgan fingerprint density at radius 3 is 2.53 bits per heavy atom. The summed E-state index contributed by atoms with van der Waals surface area (Å²) in [6.07, 6.45) is 12.9. The van der Waals surface area contributed by atoms with E-state index in [0.29, 0.717) is 11.2 Å². The van der Waals surface area contributed by atoms with Crippen LogP contribution in [0.2, 0.25) is 5.02 Å². The SMILES string of the molecule is S=C1N[C@@H](c2ccccn2)[C@@H](c2ccn(C3CCCCC3)c2)N1c1ccc(Cl)cc1. The van der Waals surface area contributed by atoms with Gasteiger partial charge in [0.1, 0.15) is 0 Å². The number of aromatic nitrogens is 2. The normalized spacial score (nSPS) is 22.3. The molecule has 0 spiro atoms. The molecule has 2 aliphatic rings. The van der Waals surface area contributed by atoms with Crippen LogP contribution in [0, 0.1) is 0 Å². The fraction of sp³-hybridized carbons (Fsp3) is 0.333. The van der Waals surface area contributed by atoms with Gasteiger partial charge in [-0.3, -0.25) is 4.98 Å². The fourth-order valence-corrected chi connectivity index (χ4v) is 5.26. The Bertz CT molecular complexity index is 1010. The van der Waals surface area contributed by atoms with Gasteiger partial charge in [-0.2, -0.15) is 0 Å². The maximum Gasteiger partial charge on any atom is 0.174 e. The molecule has 6 heteroatoms. The Morgan fingerprint density at radius 1 is 1.00 bits per heavy atom. The number of nitrogens with zero attached hydrogens (tertiary/aromatic N) is 3. The van der Waals surface area contributed by atoms with Crippen LogP contribution in [0.4, 0.5) is 5.69 Å². The molecule has 0 radical (unpaired) electrons. The maximum atomic E-state index is 6.14. The first-order valence-corrected chi connectivity index (χ1v) is 11.4. The molecule has 30 heavy (non-hydrogen) atoms. The third-order valence-corrected chi connectivity index (χ3v) is 6.84. The lowest BCUT2D eigenvalue weighted by molar-refractivity contribution is 0.353. The van der Waals surface area contributed by atoms with Crippen molar-refractivity contribution >= 4 is 34.6 Å². The second-order valence-electron chi connectivity index (χ2n) is 8.16. The number of anilines is 1. The van der Waals surface area contributed by atoms with Crippen molar-refractivity contribution in [1.29, 1.82) is 0 Å². The zero-order valence-corrected chi connectivity index (χ0v) is 18.3. The van der Waals surface area contributed by atoms with Gasteiger partial charge in [-0.15, -0.1) is 0 Å². The highest BCUT2D eigenvalue weighted by molar-refractivity contribution is 7.80. The summed E-state index contributed by atoms with van der Waals surface area (Å²) in [5.41, 5.74) is 3.27. The molecule has 1 aliphatic heterocycles. The largest absolute Gasteiger partial charge is 0.351 e. The Labute approximate surface area is 187 Å². The second kappa shape index (κ2) is 8.40. The van der Waals surface area contributed by atoms with Crippen molar-refractivity contribution in [2.45, 2.75) is 50.2 Å². The molecule has 5 rings (SSSR count). The van der Waals surface area contributed by atoms with Crippen molar-refractivity contribution < 1.29 is 0 Å². The number of hydrogen-bond acceptors (Lipinski definition) is 2. The van der Waals surface area contributed by atoms with E-state index >= 15 is 0 Å². The standard InChI is InChI=1S/C24H25ClN4S/c25-18-9-11-20(12-10-18)29-23(22(27-24(29)30)21-8-4-5-14-26-21)17-13-15-28(16-17)19-6-2-1-3-7-19/h4-5,8-16,19,22-23H,1-3,6-7H2,(H,27,30)/t22-,23+/m0/s1. The Morgan fingerprint density at radius 2 is 1.80 bits per heavy atom. The van der Waals surface area contributed by atoms with Crippen molar-refractivity contribution in [3.63, 3.8) is 0 Å². The van der Waals surface area contributed by atoms with Crippen LogP contribution < -0.4 is 10.2 Å². The second-order valence-corrected chi connectivity index (χ2v) is 8.98. The van der Waals surface area contributed by atoms with Gasteiger partial charge in [0.25, 0.3) is 0 Å². The van der Waals surface area contributed by atoms with Crippen LogP contribution in [0.15, 0.2) is 67.1 Å². The highest BCUT2D eigenvalue weighted by Crippen LogP contribution is 2.42. The molecule has 0 amide bonds. The summed E-state index contributed by atoms with van der Waals surface area (Å²) in [6, 6.07) is 16.8. The summed E-state index contributed by atoms with van der Waals surface area (Å²) in [7, 11) is 0. The van der Waals surface area contributed by atoms with E-state index in [2.05, 4.69) is 44.3 Å². The van der Waals surface area contributed by atoms with E-state index in [9.17, 15) is 0 Å². The van der Waals surface area contributed by atoms with Crippen LogP contribution in [-0.4, -0.2) is 14.7 Å². The van der Waals surface area contributed by atoms with Gasteiger partial charge in [0, 0.05) is 35.3 Å². The van der Waals surface area contributed by atoms with Gasteiger partial charge in [-0.05, 0) is 73.1 Å². The Hall–Kier alpha value is -2.37. The number of nitrogens with one attached hydrogen (secondary N) is 1. The lowest BCUT2D eigenvalue weighted by atomic mass is 9.95. The molecular weight excluding hydrogens is 412 g/mol. The maximum absolute atomic E-state index is 6.14. The van der Waals surface area contributed by atoms with E-state index in [0.717, 1.165) is 16.4 Å².